The van der Waals surface area contributed by atoms with Crippen molar-refractivity contribution in [2.75, 3.05) is 19.7 Å². The molecule has 1 heterocycles. The summed E-state index contributed by atoms with van der Waals surface area (Å²) < 4.78 is 5.18. The van der Waals surface area contributed by atoms with Crippen LogP contribution in [-0.2, 0) is 9.53 Å². The van der Waals surface area contributed by atoms with Gasteiger partial charge in [-0.05, 0) is 12.8 Å². The number of rotatable bonds is 1. The number of nitriles is 1. The number of carbonyl (C=O) groups is 1. The molecule has 1 unspecified atom stereocenters. The molecule has 1 amide bonds. The van der Waals surface area contributed by atoms with Gasteiger partial charge in [0.1, 0.15) is 0 Å². The van der Waals surface area contributed by atoms with Crippen LogP contribution in [0.4, 0.5) is 0 Å². The van der Waals surface area contributed by atoms with Gasteiger partial charge in [-0.1, -0.05) is 6.42 Å². The fourth-order valence-electron chi connectivity index (χ4n) is 1.84. The normalized spacial score (nSPS) is 27.9. The van der Waals surface area contributed by atoms with Crippen LogP contribution in [0.3, 0.4) is 0 Å². The Hall–Kier alpha value is -1.08. The van der Waals surface area contributed by atoms with E-state index in [9.17, 15) is 4.79 Å². The van der Waals surface area contributed by atoms with E-state index in [-0.39, 0.29) is 11.8 Å². The molecular formula is C10H14N2O2. The molecule has 1 saturated heterocycles. The summed E-state index contributed by atoms with van der Waals surface area (Å²) >= 11 is 0. The Bertz CT molecular complexity index is 268. The van der Waals surface area contributed by atoms with Crippen LogP contribution < -0.4 is 0 Å². The van der Waals surface area contributed by atoms with Crippen molar-refractivity contribution >= 4 is 5.91 Å². The smallest absolute Gasteiger partial charge is 0.225 e. The summed E-state index contributed by atoms with van der Waals surface area (Å²) in [7, 11) is 0. The van der Waals surface area contributed by atoms with E-state index in [0.29, 0.717) is 19.7 Å². The second kappa shape index (κ2) is 3.97. The van der Waals surface area contributed by atoms with Gasteiger partial charge < -0.3 is 9.64 Å². The van der Waals surface area contributed by atoms with Crippen molar-refractivity contribution in [2.45, 2.75) is 25.4 Å². The second-order valence-corrected chi connectivity index (χ2v) is 3.90. The molecule has 0 N–H and O–H groups in total. The Labute approximate surface area is 83.4 Å². The second-order valence-electron chi connectivity index (χ2n) is 3.90. The van der Waals surface area contributed by atoms with Crippen LogP contribution in [0.5, 0.6) is 0 Å². The first-order valence-corrected chi connectivity index (χ1v) is 5.11. The molecule has 0 spiro atoms. The monoisotopic (exact) mass is 194 g/mol. The summed E-state index contributed by atoms with van der Waals surface area (Å²) in [5.74, 6) is 0.451. The third-order valence-electron chi connectivity index (χ3n) is 2.98. The molecule has 1 aliphatic carbocycles. The van der Waals surface area contributed by atoms with Gasteiger partial charge in [-0.2, -0.15) is 5.26 Å². The van der Waals surface area contributed by atoms with Crippen molar-refractivity contribution in [3.8, 4) is 6.07 Å². The Balaban J connectivity index is 1.90. The number of carbonyl (C=O) groups excluding carboxylic acids is 1. The van der Waals surface area contributed by atoms with Crippen molar-refractivity contribution in [2.24, 2.45) is 5.92 Å². The lowest BCUT2D eigenvalue weighted by Gasteiger charge is -2.35. The maximum absolute atomic E-state index is 11.8. The number of hydrogen-bond donors (Lipinski definition) is 0. The number of ether oxygens (including phenoxy) is 1. The molecule has 0 aromatic heterocycles. The lowest BCUT2D eigenvalue weighted by molar-refractivity contribution is -0.144. The summed E-state index contributed by atoms with van der Waals surface area (Å²) in [6, 6.07) is 2.05. The molecule has 2 rings (SSSR count). The first-order valence-electron chi connectivity index (χ1n) is 5.11. The minimum atomic E-state index is -0.423. The zero-order valence-corrected chi connectivity index (χ0v) is 8.11. The minimum Gasteiger partial charge on any atom is -0.360 e. The van der Waals surface area contributed by atoms with Gasteiger partial charge in [-0.25, -0.2) is 0 Å². The molecule has 1 atom stereocenters. The summed E-state index contributed by atoms with van der Waals surface area (Å²) in [6.45, 7) is 1.59. The van der Waals surface area contributed by atoms with Gasteiger partial charge in [-0.3, -0.25) is 4.79 Å². The number of amides is 1. The molecule has 2 aliphatic rings. The molecule has 2 fully saturated rings. The maximum atomic E-state index is 11.8. The highest BCUT2D eigenvalue weighted by molar-refractivity contribution is 5.79. The Morgan fingerprint density at radius 3 is 2.86 bits per heavy atom. The van der Waals surface area contributed by atoms with Crippen LogP contribution in [-0.4, -0.2) is 36.6 Å². The number of hydrogen-bond acceptors (Lipinski definition) is 3. The van der Waals surface area contributed by atoms with E-state index in [1.165, 1.54) is 6.42 Å². The standard InChI is InChI=1S/C10H14N2O2/c11-6-9-7-12(4-5-14-9)10(13)8-2-1-3-8/h8-9H,1-5,7H2. The van der Waals surface area contributed by atoms with Gasteiger partial charge >= 0.3 is 0 Å². The van der Waals surface area contributed by atoms with Gasteiger partial charge in [0.15, 0.2) is 6.10 Å². The van der Waals surface area contributed by atoms with Crippen molar-refractivity contribution < 1.29 is 9.53 Å². The van der Waals surface area contributed by atoms with Gasteiger partial charge in [0.25, 0.3) is 0 Å². The lowest BCUT2D eigenvalue weighted by atomic mass is 9.84. The first kappa shape index (κ1) is 9.47. The summed E-state index contributed by atoms with van der Waals surface area (Å²) in [5, 5.41) is 8.69. The lowest BCUT2D eigenvalue weighted by Crippen LogP contribution is -2.48. The third kappa shape index (κ3) is 1.73. The number of morpholine rings is 1. The molecule has 0 aromatic carbocycles. The van der Waals surface area contributed by atoms with Crippen LogP contribution in [0.2, 0.25) is 0 Å². The highest BCUT2D eigenvalue weighted by Crippen LogP contribution is 2.28. The van der Waals surface area contributed by atoms with E-state index in [1.807, 2.05) is 6.07 Å². The van der Waals surface area contributed by atoms with Gasteiger partial charge in [0.2, 0.25) is 5.91 Å². The maximum Gasteiger partial charge on any atom is 0.225 e. The molecule has 1 aliphatic heterocycles. The molecule has 14 heavy (non-hydrogen) atoms. The Kier molecular flexibility index (Phi) is 2.69. The Morgan fingerprint density at radius 1 is 1.50 bits per heavy atom. The molecule has 0 radical (unpaired) electrons. The third-order valence-corrected chi connectivity index (χ3v) is 2.98. The molecule has 0 bridgehead atoms. The van der Waals surface area contributed by atoms with Crippen LogP contribution in [0.25, 0.3) is 0 Å². The van der Waals surface area contributed by atoms with Gasteiger partial charge in [0, 0.05) is 12.5 Å². The fourth-order valence-corrected chi connectivity index (χ4v) is 1.84. The summed E-state index contributed by atoms with van der Waals surface area (Å²) in [6.07, 6.45) is 2.79. The van der Waals surface area contributed by atoms with Crippen molar-refractivity contribution in [3.63, 3.8) is 0 Å². The van der Waals surface area contributed by atoms with Crippen LogP contribution in [0.15, 0.2) is 0 Å². The molecular weight excluding hydrogens is 180 g/mol. The first-order chi connectivity index (χ1) is 6.81. The largest absolute Gasteiger partial charge is 0.360 e. The minimum absolute atomic E-state index is 0.222. The van der Waals surface area contributed by atoms with E-state index in [0.717, 1.165) is 12.8 Å². The van der Waals surface area contributed by atoms with E-state index in [1.54, 1.807) is 4.90 Å². The average Bonchev–Trinajstić information content (AvgIpc) is 2.15. The van der Waals surface area contributed by atoms with E-state index in [4.69, 9.17) is 10.00 Å². The predicted octanol–water partition coefficient (Wildman–Crippen LogP) is 0.537. The topological polar surface area (TPSA) is 53.3 Å². The summed E-state index contributed by atoms with van der Waals surface area (Å²) in [4.78, 5) is 13.6. The van der Waals surface area contributed by atoms with Crippen LogP contribution >= 0.6 is 0 Å². The predicted molar refractivity (Wildman–Crippen MR) is 49.3 cm³/mol. The zero-order valence-electron chi connectivity index (χ0n) is 8.11. The fraction of sp³-hybridized carbons (Fsp3) is 0.800. The van der Waals surface area contributed by atoms with Gasteiger partial charge in [0.05, 0.1) is 19.2 Å². The number of nitrogens with zero attached hydrogens (tertiary/aromatic N) is 2. The highest BCUT2D eigenvalue weighted by atomic mass is 16.5. The molecule has 76 valence electrons. The van der Waals surface area contributed by atoms with Crippen molar-refractivity contribution in [1.82, 2.24) is 4.90 Å². The van der Waals surface area contributed by atoms with E-state index >= 15 is 0 Å². The molecule has 4 nitrogen and oxygen atoms in total. The zero-order chi connectivity index (χ0) is 9.97. The summed E-state index contributed by atoms with van der Waals surface area (Å²) in [5.41, 5.74) is 0. The van der Waals surface area contributed by atoms with Gasteiger partial charge in [-0.15, -0.1) is 0 Å². The highest BCUT2D eigenvalue weighted by Gasteiger charge is 2.32. The van der Waals surface area contributed by atoms with E-state index in [2.05, 4.69) is 0 Å². The van der Waals surface area contributed by atoms with E-state index < -0.39 is 6.10 Å². The Morgan fingerprint density at radius 2 is 2.29 bits per heavy atom. The molecule has 1 saturated carbocycles. The van der Waals surface area contributed by atoms with Crippen molar-refractivity contribution in [1.29, 1.82) is 5.26 Å². The SMILES string of the molecule is N#CC1CN(C(=O)C2CCC2)CCO1. The van der Waals surface area contributed by atoms with Crippen LogP contribution in [0, 0.1) is 17.2 Å². The quantitative estimate of drug-likeness (QED) is 0.612. The van der Waals surface area contributed by atoms with Crippen molar-refractivity contribution in [3.05, 3.63) is 0 Å². The van der Waals surface area contributed by atoms with Crippen LogP contribution in [0.1, 0.15) is 19.3 Å². The molecule has 0 aromatic rings. The molecule has 4 heteroatoms. The average molecular weight is 194 g/mol.